The number of carbonyl (C=O) groups excluding carboxylic acids is 2. The summed E-state index contributed by atoms with van der Waals surface area (Å²) in [6.07, 6.45) is 20.5. The minimum atomic E-state index is -0.619. The molecule has 0 aliphatic carbocycles. The van der Waals surface area contributed by atoms with E-state index < -0.39 is 12.0 Å². The molecule has 0 radical (unpaired) electrons. The first-order chi connectivity index (χ1) is 15.7. The third-order valence-electron chi connectivity index (χ3n) is 6.11. The van der Waals surface area contributed by atoms with Crippen LogP contribution in [-0.4, -0.2) is 25.0 Å². The van der Waals surface area contributed by atoms with E-state index in [2.05, 4.69) is 12.2 Å². The van der Waals surface area contributed by atoms with E-state index in [1.54, 1.807) is 0 Å². The molecule has 0 aromatic heterocycles. The van der Waals surface area contributed by atoms with Gasteiger partial charge in [0.05, 0.1) is 7.11 Å². The molecule has 1 N–H and O–H groups in total. The topological polar surface area (TPSA) is 55.4 Å². The molecule has 1 aromatic carbocycles. The number of hydrogen-bond donors (Lipinski definition) is 1. The van der Waals surface area contributed by atoms with Crippen LogP contribution in [0.15, 0.2) is 30.3 Å². The van der Waals surface area contributed by atoms with Crippen molar-refractivity contribution in [3.63, 3.8) is 0 Å². The van der Waals surface area contributed by atoms with Crippen LogP contribution >= 0.6 is 0 Å². The number of carbonyl (C=O) groups is 2. The summed E-state index contributed by atoms with van der Waals surface area (Å²) in [6.45, 7) is 2.27. The van der Waals surface area contributed by atoms with E-state index in [1.807, 2.05) is 30.3 Å². The first-order valence-corrected chi connectivity index (χ1v) is 13.1. The molecule has 0 aliphatic rings. The van der Waals surface area contributed by atoms with Crippen LogP contribution in [0.2, 0.25) is 0 Å². The van der Waals surface area contributed by atoms with Gasteiger partial charge in [0.25, 0.3) is 0 Å². The van der Waals surface area contributed by atoms with Gasteiger partial charge in [0, 0.05) is 12.8 Å². The molecule has 0 spiro atoms. The molecule has 0 aliphatic heterocycles. The Morgan fingerprint density at radius 1 is 0.750 bits per heavy atom. The number of benzene rings is 1. The third-order valence-corrected chi connectivity index (χ3v) is 6.11. The van der Waals surface area contributed by atoms with Crippen LogP contribution in [0.4, 0.5) is 0 Å². The molecule has 1 unspecified atom stereocenters. The number of methoxy groups -OCH3 is 1. The second kappa shape index (κ2) is 19.8. The average molecular weight is 446 g/mol. The summed E-state index contributed by atoms with van der Waals surface area (Å²) in [4.78, 5) is 24.3. The molecule has 4 nitrogen and oxygen atoms in total. The number of nitrogens with one attached hydrogen (secondary N) is 1. The second-order valence-electron chi connectivity index (χ2n) is 9.03. The number of esters is 1. The van der Waals surface area contributed by atoms with E-state index in [0.717, 1.165) is 18.4 Å². The minimum Gasteiger partial charge on any atom is -0.467 e. The fraction of sp³-hybridized carbons (Fsp3) is 0.714. The molecule has 0 saturated heterocycles. The molecule has 182 valence electrons. The second-order valence-corrected chi connectivity index (χ2v) is 9.03. The van der Waals surface area contributed by atoms with Crippen molar-refractivity contribution in [3.8, 4) is 0 Å². The first-order valence-electron chi connectivity index (χ1n) is 13.1. The van der Waals surface area contributed by atoms with Gasteiger partial charge in [0.1, 0.15) is 6.04 Å². The number of hydrogen-bond acceptors (Lipinski definition) is 3. The van der Waals surface area contributed by atoms with E-state index in [-0.39, 0.29) is 5.91 Å². The Hall–Kier alpha value is -1.84. The largest absolute Gasteiger partial charge is 0.467 e. The van der Waals surface area contributed by atoms with Gasteiger partial charge < -0.3 is 10.1 Å². The molecule has 0 saturated carbocycles. The van der Waals surface area contributed by atoms with Crippen LogP contribution in [0.25, 0.3) is 0 Å². The van der Waals surface area contributed by atoms with Gasteiger partial charge in [-0.05, 0) is 12.0 Å². The van der Waals surface area contributed by atoms with Crippen LogP contribution in [-0.2, 0) is 20.7 Å². The maximum absolute atomic E-state index is 12.3. The highest BCUT2D eigenvalue weighted by Crippen LogP contribution is 2.14. The summed E-state index contributed by atoms with van der Waals surface area (Å²) in [5.74, 6) is -0.454. The fourth-order valence-corrected chi connectivity index (χ4v) is 4.11. The van der Waals surface area contributed by atoms with Crippen molar-refractivity contribution < 1.29 is 14.3 Å². The lowest BCUT2D eigenvalue weighted by Gasteiger charge is -2.16. The summed E-state index contributed by atoms with van der Waals surface area (Å²) in [7, 11) is 1.36. The monoisotopic (exact) mass is 445 g/mol. The van der Waals surface area contributed by atoms with Crippen LogP contribution in [0, 0.1) is 0 Å². The quantitative estimate of drug-likeness (QED) is 0.171. The Morgan fingerprint density at radius 2 is 1.22 bits per heavy atom. The maximum Gasteiger partial charge on any atom is 0.328 e. The Labute approximate surface area is 196 Å². The highest BCUT2D eigenvalue weighted by Gasteiger charge is 2.21. The third kappa shape index (κ3) is 15.0. The van der Waals surface area contributed by atoms with Crippen molar-refractivity contribution >= 4 is 11.9 Å². The highest BCUT2D eigenvalue weighted by molar-refractivity contribution is 5.84. The van der Waals surface area contributed by atoms with Gasteiger partial charge in [-0.2, -0.15) is 0 Å². The summed E-state index contributed by atoms with van der Waals surface area (Å²) in [5.41, 5.74) is 1.01. The molecule has 1 aromatic rings. The molecule has 4 heteroatoms. The zero-order valence-corrected chi connectivity index (χ0v) is 20.7. The van der Waals surface area contributed by atoms with Crippen molar-refractivity contribution in [2.75, 3.05) is 7.11 Å². The molecule has 0 bridgehead atoms. The van der Waals surface area contributed by atoms with Crippen molar-refractivity contribution in [1.29, 1.82) is 0 Å². The zero-order chi connectivity index (χ0) is 23.3. The van der Waals surface area contributed by atoms with Gasteiger partial charge in [-0.25, -0.2) is 4.79 Å². The summed E-state index contributed by atoms with van der Waals surface area (Å²) in [6, 6.07) is 9.09. The SMILES string of the molecule is CCCCCCCCCCCCCCCCCC(=O)NC(Cc1ccccc1)C(=O)OC. The lowest BCUT2D eigenvalue weighted by Crippen LogP contribution is -2.43. The normalized spacial score (nSPS) is 11.8. The Morgan fingerprint density at radius 3 is 1.69 bits per heavy atom. The Bertz CT molecular complexity index is 588. The fourth-order valence-electron chi connectivity index (χ4n) is 4.11. The average Bonchev–Trinajstić information content (AvgIpc) is 2.81. The highest BCUT2D eigenvalue weighted by atomic mass is 16.5. The lowest BCUT2D eigenvalue weighted by atomic mass is 10.0. The predicted octanol–water partition coefficient (Wildman–Crippen LogP) is 7.15. The smallest absolute Gasteiger partial charge is 0.328 e. The van der Waals surface area contributed by atoms with Crippen molar-refractivity contribution in [2.24, 2.45) is 0 Å². The Kier molecular flexibility index (Phi) is 17.5. The summed E-state index contributed by atoms with van der Waals surface area (Å²) >= 11 is 0. The predicted molar refractivity (Wildman–Crippen MR) is 134 cm³/mol. The number of ether oxygens (including phenoxy) is 1. The molecule has 1 atom stereocenters. The van der Waals surface area contributed by atoms with E-state index in [9.17, 15) is 9.59 Å². The van der Waals surface area contributed by atoms with Gasteiger partial charge in [-0.3, -0.25) is 4.79 Å². The van der Waals surface area contributed by atoms with E-state index in [0.29, 0.717) is 12.8 Å². The van der Waals surface area contributed by atoms with Gasteiger partial charge in [-0.1, -0.05) is 127 Å². The Balaban J connectivity index is 2.00. The van der Waals surface area contributed by atoms with E-state index in [1.165, 1.54) is 90.6 Å². The first kappa shape index (κ1) is 28.2. The van der Waals surface area contributed by atoms with Crippen molar-refractivity contribution in [2.45, 2.75) is 122 Å². The lowest BCUT2D eigenvalue weighted by molar-refractivity contribution is -0.145. The van der Waals surface area contributed by atoms with Gasteiger partial charge in [0.15, 0.2) is 0 Å². The van der Waals surface area contributed by atoms with E-state index >= 15 is 0 Å². The van der Waals surface area contributed by atoms with Crippen LogP contribution in [0.3, 0.4) is 0 Å². The number of unbranched alkanes of at least 4 members (excludes halogenated alkanes) is 14. The molecule has 0 fully saturated rings. The standard InChI is InChI=1S/C28H47NO3/c1-3-4-5-6-7-8-9-10-11-12-13-14-15-16-20-23-27(30)29-26(28(31)32-2)24-25-21-18-17-19-22-25/h17-19,21-22,26H,3-16,20,23-24H2,1-2H3,(H,29,30). The number of amides is 1. The van der Waals surface area contributed by atoms with Crippen LogP contribution in [0.5, 0.6) is 0 Å². The van der Waals surface area contributed by atoms with Gasteiger partial charge in [-0.15, -0.1) is 0 Å². The van der Waals surface area contributed by atoms with Gasteiger partial charge in [0.2, 0.25) is 5.91 Å². The van der Waals surface area contributed by atoms with Crippen LogP contribution in [0.1, 0.15) is 115 Å². The molecular weight excluding hydrogens is 398 g/mol. The minimum absolute atomic E-state index is 0.0639. The molecule has 0 heterocycles. The molecule has 32 heavy (non-hydrogen) atoms. The van der Waals surface area contributed by atoms with Gasteiger partial charge >= 0.3 is 5.97 Å². The van der Waals surface area contributed by atoms with E-state index in [4.69, 9.17) is 4.74 Å². The van der Waals surface area contributed by atoms with Crippen molar-refractivity contribution in [3.05, 3.63) is 35.9 Å². The molecular formula is C28H47NO3. The number of rotatable bonds is 20. The summed E-state index contributed by atoms with van der Waals surface area (Å²) in [5, 5.41) is 2.85. The summed E-state index contributed by atoms with van der Waals surface area (Å²) < 4.78 is 4.86. The molecule has 1 rings (SSSR count). The maximum atomic E-state index is 12.3. The van der Waals surface area contributed by atoms with Crippen molar-refractivity contribution in [1.82, 2.24) is 5.32 Å². The molecule has 1 amide bonds. The van der Waals surface area contributed by atoms with Crippen LogP contribution < -0.4 is 5.32 Å². The zero-order valence-electron chi connectivity index (χ0n) is 20.7.